The third kappa shape index (κ3) is 4.99. The van der Waals surface area contributed by atoms with Crippen LogP contribution < -0.4 is 15.0 Å². The number of nitrogens with one attached hydrogen (secondary N) is 1. The van der Waals surface area contributed by atoms with Crippen LogP contribution in [0.4, 0.5) is 10.2 Å². The molecule has 2 N–H and O–H groups in total. The van der Waals surface area contributed by atoms with E-state index in [1.54, 1.807) is 12.3 Å². The number of hydrogen-bond donors (Lipinski definition) is 2. The molecule has 5 heterocycles. The van der Waals surface area contributed by atoms with Gasteiger partial charge in [-0.15, -0.1) is 0 Å². The van der Waals surface area contributed by atoms with Crippen LogP contribution in [-0.4, -0.2) is 76.4 Å². The van der Waals surface area contributed by atoms with Crippen molar-refractivity contribution < 1.29 is 14.2 Å². The second kappa shape index (κ2) is 10.4. The fraction of sp³-hybridized carbons (Fsp3) is 0.618. The van der Waals surface area contributed by atoms with E-state index in [1.807, 2.05) is 0 Å². The number of anilines is 1. The van der Waals surface area contributed by atoms with E-state index >= 15 is 4.39 Å². The number of phenolic OH excluding ortho intramolecular Hbond substituents is 1. The number of halogens is 2. The number of phenols is 1. The number of aromatic hydroxyl groups is 1. The Hall–Kier alpha value is -2.75. The summed E-state index contributed by atoms with van der Waals surface area (Å²) in [6, 6.07) is 4.13. The molecule has 4 bridgehead atoms. The molecule has 0 amide bonds. The standard InChI is InChI=1S/C34H40ClFN6O2/c35-27-11-24(43)10-25(28(27)21-3-4-21)30-29(36)31-26(12-37-30)32(42-15-22-5-6-23(16-42)38-22)40-33(39-31)44-18-34(7-8-34)17-41-13-19-1-2-20(9-19)14-41/h10-12,19-23,38,43H,1-9,13-18H2/t19?,20?,22-,23+. The highest BCUT2D eigenvalue weighted by Gasteiger charge is 2.47. The first kappa shape index (κ1) is 27.6. The molecule has 3 aliphatic heterocycles. The maximum absolute atomic E-state index is 16.7. The molecule has 2 unspecified atom stereocenters. The van der Waals surface area contributed by atoms with Gasteiger partial charge in [-0.25, -0.2) is 4.39 Å². The summed E-state index contributed by atoms with van der Waals surface area (Å²) in [5.41, 5.74) is 1.88. The summed E-state index contributed by atoms with van der Waals surface area (Å²) in [5.74, 6) is 2.13. The Balaban J connectivity index is 1.07. The molecular weight excluding hydrogens is 579 g/mol. The molecule has 1 aromatic carbocycles. The van der Waals surface area contributed by atoms with E-state index in [0.29, 0.717) is 40.5 Å². The van der Waals surface area contributed by atoms with Crippen LogP contribution in [0.5, 0.6) is 11.8 Å². The first-order valence-electron chi connectivity index (χ1n) is 16.6. The average Bonchev–Trinajstić information content (AvgIpc) is 3.93. The van der Waals surface area contributed by atoms with Crippen LogP contribution in [0, 0.1) is 23.1 Å². The van der Waals surface area contributed by atoms with Gasteiger partial charge in [0.15, 0.2) is 5.82 Å². The lowest BCUT2D eigenvalue weighted by atomic mass is 9.97. The summed E-state index contributed by atoms with van der Waals surface area (Å²) in [6.07, 6.45) is 12.4. The zero-order valence-electron chi connectivity index (χ0n) is 25.1. The largest absolute Gasteiger partial charge is 0.508 e. The highest BCUT2D eigenvalue weighted by atomic mass is 35.5. The van der Waals surface area contributed by atoms with Crippen LogP contribution in [0.3, 0.4) is 0 Å². The molecule has 2 aromatic heterocycles. The van der Waals surface area contributed by atoms with Gasteiger partial charge in [-0.2, -0.15) is 9.97 Å². The Morgan fingerprint density at radius 3 is 2.45 bits per heavy atom. The molecular formula is C34H40ClFN6O2. The zero-order valence-corrected chi connectivity index (χ0v) is 25.8. The van der Waals surface area contributed by atoms with E-state index in [4.69, 9.17) is 26.3 Å². The Bertz CT molecular complexity index is 1610. The maximum Gasteiger partial charge on any atom is 0.319 e. The van der Waals surface area contributed by atoms with Gasteiger partial charge in [-0.3, -0.25) is 4.98 Å². The first-order chi connectivity index (χ1) is 21.4. The molecule has 3 aromatic rings. The molecule has 232 valence electrons. The van der Waals surface area contributed by atoms with Gasteiger partial charge in [0.05, 0.1) is 12.0 Å². The second-order valence-electron chi connectivity index (χ2n) is 14.7. The summed E-state index contributed by atoms with van der Waals surface area (Å²) < 4.78 is 23.1. The summed E-state index contributed by atoms with van der Waals surface area (Å²) >= 11 is 6.58. The fourth-order valence-corrected chi connectivity index (χ4v) is 9.10. The van der Waals surface area contributed by atoms with Gasteiger partial charge in [-0.05, 0) is 93.2 Å². The molecule has 8 nitrogen and oxygen atoms in total. The molecule has 0 spiro atoms. The molecule has 6 aliphatic rings. The lowest BCUT2D eigenvalue weighted by Gasteiger charge is -2.35. The van der Waals surface area contributed by atoms with E-state index in [0.717, 1.165) is 75.6 Å². The minimum absolute atomic E-state index is 0.00386. The van der Waals surface area contributed by atoms with Gasteiger partial charge in [0.2, 0.25) is 0 Å². The number of piperidine rings is 1. The normalized spacial score (nSPS) is 29.0. The molecule has 44 heavy (non-hydrogen) atoms. The summed E-state index contributed by atoms with van der Waals surface area (Å²) in [4.78, 5) is 19.2. The minimum atomic E-state index is -0.525. The van der Waals surface area contributed by atoms with Crippen molar-refractivity contribution in [2.24, 2.45) is 17.3 Å². The first-order valence-corrected chi connectivity index (χ1v) is 17.0. The number of nitrogens with zero attached hydrogens (tertiary/aromatic N) is 5. The molecule has 4 atom stereocenters. The van der Waals surface area contributed by atoms with Crippen LogP contribution in [0.1, 0.15) is 69.3 Å². The van der Waals surface area contributed by atoms with Gasteiger partial charge in [0, 0.05) is 67.0 Å². The number of ether oxygens (including phenoxy) is 1. The second-order valence-corrected chi connectivity index (χ2v) is 15.2. The Labute approximate surface area is 262 Å². The smallest absolute Gasteiger partial charge is 0.319 e. The molecule has 3 saturated carbocycles. The van der Waals surface area contributed by atoms with Crippen molar-refractivity contribution in [2.75, 3.05) is 44.2 Å². The quantitative estimate of drug-likeness (QED) is 0.323. The predicted octanol–water partition coefficient (Wildman–Crippen LogP) is 5.90. The lowest BCUT2D eigenvalue weighted by Crippen LogP contribution is -2.51. The third-order valence-corrected chi connectivity index (χ3v) is 11.5. The van der Waals surface area contributed by atoms with E-state index < -0.39 is 5.82 Å². The molecule has 3 saturated heterocycles. The summed E-state index contributed by atoms with van der Waals surface area (Å²) in [5, 5.41) is 15.1. The number of fused-ring (bicyclic) bond motifs is 5. The van der Waals surface area contributed by atoms with E-state index in [9.17, 15) is 5.11 Å². The zero-order chi connectivity index (χ0) is 29.6. The number of pyridine rings is 1. The van der Waals surface area contributed by atoms with E-state index in [1.165, 1.54) is 38.4 Å². The van der Waals surface area contributed by atoms with Crippen LogP contribution in [0.15, 0.2) is 18.3 Å². The van der Waals surface area contributed by atoms with Crippen LogP contribution >= 0.6 is 11.6 Å². The number of aromatic nitrogens is 3. The molecule has 3 aliphatic carbocycles. The van der Waals surface area contributed by atoms with Gasteiger partial charge < -0.3 is 25.0 Å². The monoisotopic (exact) mass is 618 g/mol. The maximum atomic E-state index is 16.7. The number of benzene rings is 1. The highest BCUT2D eigenvalue weighted by Crippen LogP contribution is 2.50. The van der Waals surface area contributed by atoms with Crippen LogP contribution in [0.2, 0.25) is 5.02 Å². The van der Waals surface area contributed by atoms with E-state index in [2.05, 4.69) is 20.1 Å². The minimum Gasteiger partial charge on any atom is -0.508 e. The third-order valence-electron chi connectivity index (χ3n) is 11.2. The van der Waals surface area contributed by atoms with Crippen molar-refractivity contribution in [1.29, 1.82) is 0 Å². The number of likely N-dealkylation sites (tertiary alicyclic amines) is 1. The Kier molecular flexibility index (Phi) is 6.51. The van der Waals surface area contributed by atoms with Gasteiger partial charge in [0.1, 0.15) is 22.8 Å². The highest BCUT2D eigenvalue weighted by molar-refractivity contribution is 6.32. The Morgan fingerprint density at radius 2 is 1.75 bits per heavy atom. The molecule has 6 fully saturated rings. The fourth-order valence-electron chi connectivity index (χ4n) is 8.73. The van der Waals surface area contributed by atoms with Crippen molar-refractivity contribution >= 4 is 28.3 Å². The average molecular weight is 619 g/mol. The van der Waals surface area contributed by atoms with Gasteiger partial charge in [-0.1, -0.05) is 11.6 Å². The van der Waals surface area contributed by atoms with Crippen molar-refractivity contribution in [3.8, 4) is 23.0 Å². The summed E-state index contributed by atoms with van der Waals surface area (Å²) in [6.45, 7) is 5.64. The lowest BCUT2D eigenvalue weighted by molar-refractivity contribution is 0.110. The molecule has 10 heteroatoms. The van der Waals surface area contributed by atoms with Crippen LogP contribution in [0.25, 0.3) is 22.2 Å². The molecule has 0 radical (unpaired) electrons. The SMILES string of the molecule is Oc1cc(Cl)c(C2CC2)c(-c2ncc3c(N4C[C@H]5CC[C@@H](C4)N5)nc(OCC4(CN5CC6CCC(C6)C5)CC4)nc3c2F)c1. The van der Waals surface area contributed by atoms with E-state index in [-0.39, 0.29) is 34.3 Å². The topological polar surface area (TPSA) is 86.6 Å². The van der Waals surface area contributed by atoms with Crippen molar-refractivity contribution in [3.05, 3.63) is 34.7 Å². The van der Waals surface area contributed by atoms with Crippen LogP contribution in [-0.2, 0) is 0 Å². The number of rotatable bonds is 8. The summed E-state index contributed by atoms with van der Waals surface area (Å²) in [7, 11) is 0. The molecule has 9 rings (SSSR count). The predicted molar refractivity (Wildman–Crippen MR) is 168 cm³/mol. The van der Waals surface area contributed by atoms with Crippen molar-refractivity contribution in [2.45, 2.75) is 75.8 Å². The Morgan fingerprint density at radius 1 is 1.00 bits per heavy atom. The van der Waals surface area contributed by atoms with Crippen molar-refractivity contribution in [3.63, 3.8) is 0 Å². The van der Waals surface area contributed by atoms with Crippen molar-refractivity contribution in [1.82, 2.24) is 25.2 Å². The van der Waals surface area contributed by atoms with Gasteiger partial charge >= 0.3 is 6.01 Å². The number of piperazine rings is 1. The van der Waals surface area contributed by atoms with Gasteiger partial charge in [0.25, 0.3) is 0 Å². The number of hydrogen-bond acceptors (Lipinski definition) is 8.